The Labute approximate surface area is 239 Å². The number of nitriles is 1. The summed E-state index contributed by atoms with van der Waals surface area (Å²) in [6.45, 7) is 1.76. The number of anilines is 1. The molecule has 0 aliphatic carbocycles. The van der Waals surface area contributed by atoms with Crippen LogP contribution in [-0.2, 0) is 20.9 Å². The van der Waals surface area contributed by atoms with Crippen LogP contribution in [-0.4, -0.2) is 22.6 Å². The number of non-ortho nitro benzene ring substituents is 1. The predicted molar refractivity (Wildman–Crippen MR) is 153 cm³/mol. The quantitative estimate of drug-likeness (QED) is 0.179. The smallest absolute Gasteiger partial charge is 0.337 e. The van der Waals surface area contributed by atoms with Crippen molar-refractivity contribution < 1.29 is 19.2 Å². The minimum absolute atomic E-state index is 0.0573. The first-order valence-electron chi connectivity index (χ1n) is 12.0. The van der Waals surface area contributed by atoms with E-state index in [2.05, 4.69) is 16.7 Å². The van der Waals surface area contributed by atoms with Gasteiger partial charge in [-0.1, -0.05) is 71.9 Å². The standard InChI is InChI=1S/C29H23ClN4O5S/c1-18-26(29(36)39-16-19-7-3-2-4-8-19)27(22-9-5-6-10-24(22)30)23(15-31)28(32-18)40-17-25(35)33-20-11-13-21(14-12-20)34(37)38/h2-14,27,32H,16-17H2,1H3,(H,33,35)/t27-/m0/s1. The van der Waals surface area contributed by atoms with Crippen LogP contribution in [0.3, 0.4) is 0 Å². The number of carbonyl (C=O) groups is 2. The van der Waals surface area contributed by atoms with Gasteiger partial charge in [-0.2, -0.15) is 5.26 Å². The second kappa shape index (κ2) is 13.0. The van der Waals surface area contributed by atoms with Gasteiger partial charge in [0, 0.05) is 28.5 Å². The molecule has 0 saturated carbocycles. The number of nitro benzene ring substituents is 1. The van der Waals surface area contributed by atoms with E-state index in [9.17, 15) is 25.0 Å². The number of rotatable bonds is 9. The molecule has 1 aliphatic heterocycles. The average molecular weight is 575 g/mol. The van der Waals surface area contributed by atoms with Crippen LogP contribution in [0.1, 0.15) is 24.0 Å². The summed E-state index contributed by atoms with van der Waals surface area (Å²) in [6.07, 6.45) is 0. The molecule has 2 N–H and O–H groups in total. The highest BCUT2D eigenvalue weighted by atomic mass is 35.5. The zero-order valence-electron chi connectivity index (χ0n) is 21.2. The molecule has 0 saturated heterocycles. The fourth-order valence-electron chi connectivity index (χ4n) is 4.12. The normalized spacial score (nSPS) is 14.7. The molecule has 0 aromatic heterocycles. The highest BCUT2D eigenvalue weighted by Gasteiger charge is 2.36. The van der Waals surface area contributed by atoms with Gasteiger partial charge in [-0.05, 0) is 36.2 Å². The van der Waals surface area contributed by atoms with Crippen molar-refractivity contribution in [3.8, 4) is 6.07 Å². The summed E-state index contributed by atoms with van der Waals surface area (Å²) in [6, 6.07) is 23.9. The molecular weight excluding hydrogens is 552 g/mol. The molecule has 1 atom stereocenters. The van der Waals surface area contributed by atoms with Crippen molar-refractivity contribution in [3.05, 3.63) is 127 Å². The van der Waals surface area contributed by atoms with E-state index in [0.29, 0.717) is 27.0 Å². The van der Waals surface area contributed by atoms with Crippen molar-refractivity contribution in [2.24, 2.45) is 0 Å². The molecule has 9 nitrogen and oxygen atoms in total. The van der Waals surface area contributed by atoms with Gasteiger partial charge in [0.05, 0.1) is 38.8 Å². The van der Waals surface area contributed by atoms with Gasteiger partial charge in [0.1, 0.15) is 6.61 Å². The molecule has 0 radical (unpaired) electrons. The summed E-state index contributed by atoms with van der Waals surface area (Å²) in [7, 11) is 0. The van der Waals surface area contributed by atoms with E-state index in [0.717, 1.165) is 17.3 Å². The van der Waals surface area contributed by atoms with Gasteiger partial charge in [0.2, 0.25) is 5.91 Å². The molecule has 4 rings (SSSR count). The van der Waals surface area contributed by atoms with Crippen molar-refractivity contribution in [2.75, 3.05) is 11.1 Å². The van der Waals surface area contributed by atoms with E-state index < -0.39 is 16.8 Å². The Hall–Kier alpha value is -4.59. The van der Waals surface area contributed by atoms with Crippen molar-refractivity contribution in [1.29, 1.82) is 5.26 Å². The van der Waals surface area contributed by atoms with Crippen LogP contribution in [0, 0.1) is 21.4 Å². The molecule has 1 heterocycles. The van der Waals surface area contributed by atoms with Crippen LogP contribution in [0.15, 0.2) is 101 Å². The molecule has 0 unspecified atom stereocenters. The van der Waals surface area contributed by atoms with Gasteiger partial charge in [0.15, 0.2) is 0 Å². The minimum Gasteiger partial charge on any atom is -0.457 e. The summed E-state index contributed by atoms with van der Waals surface area (Å²) in [4.78, 5) is 36.3. The molecule has 40 heavy (non-hydrogen) atoms. The van der Waals surface area contributed by atoms with Crippen molar-refractivity contribution in [1.82, 2.24) is 5.32 Å². The number of halogens is 1. The summed E-state index contributed by atoms with van der Waals surface area (Å²) in [5.41, 5.74) is 2.63. The van der Waals surface area contributed by atoms with Gasteiger partial charge in [-0.15, -0.1) is 0 Å². The van der Waals surface area contributed by atoms with Crippen molar-refractivity contribution in [3.63, 3.8) is 0 Å². The maximum atomic E-state index is 13.4. The number of allylic oxidation sites excluding steroid dienone is 2. The zero-order chi connectivity index (χ0) is 28.6. The molecule has 1 aliphatic rings. The van der Waals surface area contributed by atoms with E-state index in [1.54, 1.807) is 31.2 Å². The number of hydrogen-bond acceptors (Lipinski definition) is 8. The molecule has 11 heteroatoms. The average Bonchev–Trinajstić information content (AvgIpc) is 2.95. The Kier molecular flexibility index (Phi) is 9.22. The maximum Gasteiger partial charge on any atom is 0.337 e. The SMILES string of the molecule is CC1=C(C(=O)OCc2ccccc2)[C@@H](c2ccccc2Cl)C(C#N)=C(SCC(=O)Nc2ccc([N+](=O)[O-])cc2)N1. The second-order valence-electron chi connectivity index (χ2n) is 8.68. The molecule has 0 fully saturated rings. The van der Waals surface area contributed by atoms with E-state index in [1.165, 1.54) is 24.3 Å². The van der Waals surface area contributed by atoms with Crippen LogP contribution >= 0.6 is 23.4 Å². The monoisotopic (exact) mass is 574 g/mol. The lowest BCUT2D eigenvalue weighted by molar-refractivity contribution is -0.384. The highest BCUT2D eigenvalue weighted by molar-refractivity contribution is 8.03. The third-order valence-corrected chi connectivity index (χ3v) is 7.37. The largest absolute Gasteiger partial charge is 0.457 e. The number of benzene rings is 3. The first-order valence-corrected chi connectivity index (χ1v) is 13.4. The van der Waals surface area contributed by atoms with E-state index in [4.69, 9.17) is 16.3 Å². The summed E-state index contributed by atoms with van der Waals surface area (Å²) in [5, 5.41) is 27.6. The summed E-state index contributed by atoms with van der Waals surface area (Å²) < 4.78 is 5.62. The summed E-state index contributed by atoms with van der Waals surface area (Å²) >= 11 is 7.62. The minimum atomic E-state index is -0.816. The van der Waals surface area contributed by atoms with E-state index in [-0.39, 0.29) is 35.1 Å². The number of esters is 1. The Bertz CT molecular complexity index is 1550. The molecule has 0 bridgehead atoms. The second-order valence-corrected chi connectivity index (χ2v) is 10.1. The zero-order valence-corrected chi connectivity index (χ0v) is 22.8. The van der Waals surface area contributed by atoms with Gasteiger partial charge in [-0.25, -0.2) is 4.79 Å². The number of hydrogen-bond donors (Lipinski definition) is 2. The fourth-order valence-corrected chi connectivity index (χ4v) is 5.26. The number of ether oxygens (including phenoxy) is 1. The Morgan fingerprint density at radius 2 is 1.77 bits per heavy atom. The Morgan fingerprint density at radius 1 is 1.10 bits per heavy atom. The maximum absolute atomic E-state index is 13.4. The number of carbonyl (C=O) groups excluding carboxylic acids is 2. The highest BCUT2D eigenvalue weighted by Crippen LogP contribution is 2.43. The van der Waals surface area contributed by atoms with Gasteiger partial charge >= 0.3 is 5.97 Å². The van der Waals surface area contributed by atoms with Crippen molar-refractivity contribution in [2.45, 2.75) is 19.4 Å². The number of nitro groups is 1. The van der Waals surface area contributed by atoms with Crippen molar-refractivity contribution >= 4 is 46.6 Å². The number of thioether (sulfide) groups is 1. The molecule has 1 amide bonds. The molecule has 0 spiro atoms. The lowest BCUT2D eigenvalue weighted by Crippen LogP contribution is -2.29. The van der Waals surface area contributed by atoms with Gasteiger partial charge in [-0.3, -0.25) is 14.9 Å². The summed E-state index contributed by atoms with van der Waals surface area (Å²) in [5.74, 6) is -1.86. The molecular formula is C29H23ClN4O5S. The van der Waals surface area contributed by atoms with Crippen LogP contribution < -0.4 is 10.6 Å². The van der Waals surface area contributed by atoms with Gasteiger partial charge < -0.3 is 15.4 Å². The Balaban J connectivity index is 1.57. The number of amides is 1. The van der Waals surface area contributed by atoms with Crippen LogP contribution in [0.25, 0.3) is 0 Å². The predicted octanol–water partition coefficient (Wildman–Crippen LogP) is 6.06. The lowest BCUT2D eigenvalue weighted by atomic mass is 9.82. The molecule has 3 aromatic rings. The number of nitrogens with one attached hydrogen (secondary N) is 2. The topological polar surface area (TPSA) is 134 Å². The Morgan fingerprint density at radius 3 is 2.42 bits per heavy atom. The number of nitrogens with zero attached hydrogens (tertiary/aromatic N) is 2. The third-order valence-electron chi connectivity index (χ3n) is 6.01. The number of dihydropyridines is 1. The van der Waals surface area contributed by atoms with Crippen LogP contribution in [0.4, 0.5) is 11.4 Å². The molecule has 202 valence electrons. The van der Waals surface area contributed by atoms with Crippen LogP contribution in [0.2, 0.25) is 5.02 Å². The van der Waals surface area contributed by atoms with E-state index in [1.807, 2.05) is 30.3 Å². The first kappa shape index (κ1) is 28.4. The van der Waals surface area contributed by atoms with Crippen LogP contribution in [0.5, 0.6) is 0 Å². The lowest BCUT2D eigenvalue weighted by Gasteiger charge is -2.29. The van der Waals surface area contributed by atoms with E-state index >= 15 is 0 Å². The fraction of sp³-hybridized carbons (Fsp3) is 0.138. The third kappa shape index (κ3) is 6.69. The van der Waals surface area contributed by atoms with Gasteiger partial charge in [0.25, 0.3) is 5.69 Å². The molecule has 3 aromatic carbocycles. The first-order chi connectivity index (χ1) is 19.3.